The van der Waals surface area contributed by atoms with Crippen LogP contribution in [0.15, 0.2) is 42.6 Å². The number of nitrogens with one attached hydrogen (secondary N) is 2. The van der Waals surface area contributed by atoms with E-state index in [-0.39, 0.29) is 11.9 Å². The third kappa shape index (κ3) is 2.18. The molecule has 2 heterocycles. The lowest BCUT2D eigenvalue weighted by molar-refractivity contribution is 0.0734. The SMILES string of the molecule is CNc1ccccc1C(=O)N1CCCC1c1ccc[nH]1. The van der Waals surface area contributed by atoms with Crippen LogP contribution >= 0.6 is 0 Å². The highest BCUT2D eigenvalue weighted by molar-refractivity contribution is 5.99. The Morgan fingerprint density at radius 1 is 1.30 bits per heavy atom. The molecule has 1 unspecified atom stereocenters. The van der Waals surface area contributed by atoms with Gasteiger partial charge in [-0.25, -0.2) is 0 Å². The molecule has 1 fully saturated rings. The maximum Gasteiger partial charge on any atom is 0.256 e. The van der Waals surface area contributed by atoms with Crippen molar-refractivity contribution in [2.24, 2.45) is 0 Å². The van der Waals surface area contributed by atoms with Gasteiger partial charge in [-0.15, -0.1) is 0 Å². The smallest absolute Gasteiger partial charge is 0.256 e. The van der Waals surface area contributed by atoms with Gasteiger partial charge in [0.1, 0.15) is 0 Å². The summed E-state index contributed by atoms with van der Waals surface area (Å²) >= 11 is 0. The third-order valence-electron chi connectivity index (χ3n) is 3.92. The van der Waals surface area contributed by atoms with Crippen molar-refractivity contribution in [3.05, 3.63) is 53.9 Å². The standard InChI is InChI=1S/C16H19N3O/c1-17-13-7-3-2-6-12(13)16(20)19-11-5-9-15(19)14-8-4-10-18-14/h2-4,6-8,10,15,17-18H,5,9,11H2,1H3. The van der Waals surface area contributed by atoms with Gasteiger partial charge in [0.2, 0.25) is 0 Å². The molecule has 0 spiro atoms. The lowest BCUT2D eigenvalue weighted by Crippen LogP contribution is -2.31. The highest BCUT2D eigenvalue weighted by atomic mass is 16.2. The monoisotopic (exact) mass is 269 g/mol. The minimum absolute atomic E-state index is 0.104. The number of aromatic amines is 1. The number of rotatable bonds is 3. The Morgan fingerprint density at radius 2 is 2.15 bits per heavy atom. The van der Waals surface area contributed by atoms with Gasteiger partial charge in [0, 0.05) is 31.2 Å². The van der Waals surface area contributed by atoms with Crippen LogP contribution in [-0.2, 0) is 0 Å². The number of amides is 1. The molecule has 1 aromatic carbocycles. The normalized spacial score (nSPS) is 18.2. The van der Waals surface area contributed by atoms with E-state index in [1.165, 1.54) is 0 Å². The van der Waals surface area contributed by atoms with Gasteiger partial charge in [-0.2, -0.15) is 0 Å². The number of carbonyl (C=O) groups is 1. The van der Waals surface area contributed by atoms with Crippen LogP contribution in [0.1, 0.15) is 34.9 Å². The second-order valence-electron chi connectivity index (χ2n) is 5.08. The molecule has 2 aromatic rings. The minimum Gasteiger partial charge on any atom is -0.387 e. The van der Waals surface area contributed by atoms with Gasteiger partial charge in [-0.1, -0.05) is 12.1 Å². The zero-order valence-corrected chi connectivity index (χ0v) is 11.6. The fourth-order valence-corrected chi connectivity index (χ4v) is 2.93. The highest BCUT2D eigenvalue weighted by Crippen LogP contribution is 2.33. The molecule has 0 aliphatic carbocycles. The van der Waals surface area contributed by atoms with E-state index < -0.39 is 0 Å². The van der Waals surface area contributed by atoms with E-state index in [1.807, 2.05) is 48.5 Å². The lowest BCUT2D eigenvalue weighted by atomic mass is 10.1. The van der Waals surface area contributed by atoms with Crippen LogP contribution in [0.25, 0.3) is 0 Å². The van der Waals surface area contributed by atoms with Gasteiger partial charge in [0.05, 0.1) is 11.6 Å². The van der Waals surface area contributed by atoms with Crippen molar-refractivity contribution in [2.75, 3.05) is 18.9 Å². The lowest BCUT2D eigenvalue weighted by Gasteiger charge is -2.25. The summed E-state index contributed by atoms with van der Waals surface area (Å²) in [5.41, 5.74) is 2.75. The van der Waals surface area contributed by atoms with Crippen molar-refractivity contribution >= 4 is 11.6 Å². The number of likely N-dealkylation sites (tertiary alicyclic amines) is 1. The number of para-hydroxylation sites is 1. The van der Waals surface area contributed by atoms with E-state index in [4.69, 9.17) is 0 Å². The molecule has 0 bridgehead atoms. The van der Waals surface area contributed by atoms with Crippen molar-refractivity contribution in [3.8, 4) is 0 Å². The minimum atomic E-state index is 0.104. The Balaban J connectivity index is 1.90. The van der Waals surface area contributed by atoms with Gasteiger partial charge in [-0.3, -0.25) is 4.79 Å². The fourth-order valence-electron chi connectivity index (χ4n) is 2.93. The van der Waals surface area contributed by atoms with Gasteiger partial charge in [-0.05, 0) is 37.1 Å². The molecule has 1 amide bonds. The molecule has 1 aliphatic heterocycles. The number of benzene rings is 1. The van der Waals surface area contributed by atoms with E-state index in [2.05, 4.69) is 16.4 Å². The molecule has 4 heteroatoms. The molecule has 104 valence electrons. The van der Waals surface area contributed by atoms with Crippen LogP contribution in [0.3, 0.4) is 0 Å². The number of nitrogens with zero attached hydrogens (tertiary/aromatic N) is 1. The van der Waals surface area contributed by atoms with E-state index in [1.54, 1.807) is 0 Å². The zero-order valence-electron chi connectivity index (χ0n) is 11.6. The summed E-state index contributed by atoms with van der Waals surface area (Å²) in [4.78, 5) is 18.0. The first-order chi connectivity index (χ1) is 9.81. The summed E-state index contributed by atoms with van der Waals surface area (Å²) in [6.45, 7) is 0.820. The van der Waals surface area contributed by atoms with Crippen molar-refractivity contribution in [1.29, 1.82) is 0 Å². The Bertz CT molecular complexity index is 592. The third-order valence-corrected chi connectivity index (χ3v) is 3.92. The van der Waals surface area contributed by atoms with Crippen molar-refractivity contribution in [1.82, 2.24) is 9.88 Å². The van der Waals surface area contributed by atoms with E-state index in [0.717, 1.165) is 36.3 Å². The van der Waals surface area contributed by atoms with Crippen LogP contribution in [0.5, 0.6) is 0 Å². The van der Waals surface area contributed by atoms with Gasteiger partial charge < -0.3 is 15.2 Å². The largest absolute Gasteiger partial charge is 0.387 e. The van der Waals surface area contributed by atoms with Gasteiger partial charge in [0.25, 0.3) is 5.91 Å². The maximum atomic E-state index is 12.8. The van der Waals surface area contributed by atoms with E-state index in [0.29, 0.717) is 0 Å². The summed E-state index contributed by atoms with van der Waals surface area (Å²) in [6, 6.07) is 11.9. The average Bonchev–Trinajstić information content (AvgIpc) is 3.16. The molecule has 20 heavy (non-hydrogen) atoms. The van der Waals surface area contributed by atoms with Gasteiger partial charge >= 0.3 is 0 Å². The van der Waals surface area contributed by atoms with E-state index >= 15 is 0 Å². The van der Waals surface area contributed by atoms with Crippen LogP contribution in [0.2, 0.25) is 0 Å². The zero-order chi connectivity index (χ0) is 13.9. The Labute approximate surface area is 118 Å². The summed E-state index contributed by atoms with van der Waals surface area (Å²) < 4.78 is 0. The average molecular weight is 269 g/mol. The number of carbonyl (C=O) groups excluding carboxylic acids is 1. The number of aromatic nitrogens is 1. The Hall–Kier alpha value is -2.23. The molecule has 0 radical (unpaired) electrons. The second kappa shape index (κ2) is 5.41. The molecular weight excluding hydrogens is 250 g/mol. The summed E-state index contributed by atoms with van der Waals surface area (Å²) in [6.07, 6.45) is 3.99. The summed E-state index contributed by atoms with van der Waals surface area (Å²) in [7, 11) is 1.85. The van der Waals surface area contributed by atoms with Crippen LogP contribution in [0, 0.1) is 0 Å². The summed E-state index contributed by atoms with van der Waals surface area (Å²) in [5.74, 6) is 0.104. The van der Waals surface area contributed by atoms with Crippen LogP contribution < -0.4 is 5.32 Å². The first-order valence-corrected chi connectivity index (χ1v) is 7.02. The molecule has 4 nitrogen and oxygen atoms in total. The first-order valence-electron chi connectivity index (χ1n) is 7.02. The first kappa shape index (κ1) is 12.8. The summed E-state index contributed by atoms with van der Waals surface area (Å²) in [5, 5.41) is 3.09. The van der Waals surface area contributed by atoms with Crippen LogP contribution in [0.4, 0.5) is 5.69 Å². The molecule has 1 aromatic heterocycles. The van der Waals surface area contributed by atoms with E-state index in [9.17, 15) is 4.79 Å². The van der Waals surface area contributed by atoms with Gasteiger partial charge in [0.15, 0.2) is 0 Å². The molecule has 1 saturated heterocycles. The maximum absolute atomic E-state index is 12.8. The highest BCUT2D eigenvalue weighted by Gasteiger charge is 2.31. The number of hydrogen-bond acceptors (Lipinski definition) is 2. The molecular formula is C16H19N3O. The topological polar surface area (TPSA) is 48.1 Å². The number of anilines is 1. The predicted octanol–water partition coefficient (Wildman–Crippen LogP) is 3.03. The Kier molecular flexibility index (Phi) is 3.46. The fraction of sp³-hybridized carbons (Fsp3) is 0.312. The van der Waals surface area contributed by atoms with Crippen molar-refractivity contribution in [3.63, 3.8) is 0 Å². The predicted molar refractivity (Wildman–Crippen MR) is 79.8 cm³/mol. The van der Waals surface area contributed by atoms with Crippen molar-refractivity contribution in [2.45, 2.75) is 18.9 Å². The molecule has 1 aliphatic rings. The Morgan fingerprint density at radius 3 is 2.90 bits per heavy atom. The molecule has 3 rings (SSSR count). The van der Waals surface area contributed by atoms with Crippen LogP contribution in [-0.4, -0.2) is 29.4 Å². The second-order valence-corrected chi connectivity index (χ2v) is 5.08. The number of hydrogen-bond donors (Lipinski definition) is 2. The molecule has 1 atom stereocenters. The van der Waals surface area contributed by atoms with Crippen molar-refractivity contribution < 1.29 is 4.79 Å². The molecule has 0 saturated carbocycles. The quantitative estimate of drug-likeness (QED) is 0.899. The number of H-pyrrole nitrogens is 1. The molecule has 2 N–H and O–H groups in total.